The standard InChI is InChI=1S/C21H24N4O4S2/c1-13-15(10-17-20(27)25(21(30)31-17)12-14-4-3-7-29-14)18(24-5-8-28-9-6-24)23(2)19(26)16(13)11-22/h10,14H,3-9,12H2,1-2H3/b17-10-. The number of anilines is 1. The number of morpholine rings is 1. The van der Waals surface area contributed by atoms with Gasteiger partial charge in [-0.15, -0.1) is 0 Å². The number of hydrogen-bond donors (Lipinski definition) is 0. The maximum absolute atomic E-state index is 13.1. The van der Waals surface area contributed by atoms with Crippen molar-refractivity contribution in [2.24, 2.45) is 7.05 Å². The van der Waals surface area contributed by atoms with Crippen LogP contribution in [0.1, 0.15) is 29.5 Å². The predicted octanol–water partition coefficient (Wildman–Crippen LogP) is 1.78. The molecule has 31 heavy (non-hydrogen) atoms. The van der Waals surface area contributed by atoms with Gasteiger partial charge in [-0.3, -0.25) is 19.1 Å². The minimum absolute atomic E-state index is 0.00948. The Morgan fingerprint density at radius 1 is 1.29 bits per heavy atom. The summed E-state index contributed by atoms with van der Waals surface area (Å²) in [5, 5.41) is 9.57. The highest BCUT2D eigenvalue weighted by atomic mass is 32.2. The number of nitrogens with zero attached hydrogens (tertiary/aromatic N) is 4. The molecule has 164 valence electrons. The van der Waals surface area contributed by atoms with E-state index in [1.807, 2.05) is 6.07 Å². The van der Waals surface area contributed by atoms with Crippen LogP contribution < -0.4 is 10.5 Å². The molecule has 0 spiro atoms. The van der Waals surface area contributed by atoms with Gasteiger partial charge in [0.1, 0.15) is 21.8 Å². The van der Waals surface area contributed by atoms with Gasteiger partial charge in [0.25, 0.3) is 11.5 Å². The summed E-state index contributed by atoms with van der Waals surface area (Å²) in [7, 11) is 1.66. The minimum atomic E-state index is -0.343. The van der Waals surface area contributed by atoms with Crippen molar-refractivity contribution in [1.29, 1.82) is 5.26 Å². The first-order valence-corrected chi connectivity index (χ1v) is 11.5. The smallest absolute Gasteiger partial charge is 0.270 e. The Morgan fingerprint density at radius 2 is 2.03 bits per heavy atom. The van der Waals surface area contributed by atoms with Crippen LogP contribution in [0.5, 0.6) is 0 Å². The van der Waals surface area contributed by atoms with Crippen molar-refractivity contribution in [2.45, 2.75) is 25.9 Å². The lowest BCUT2D eigenvalue weighted by Crippen LogP contribution is -2.40. The normalized spacial score (nSPS) is 23.1. The van der Waals surface area contributed by atoms with E-state index < -0.39 is 0 Å². The highest BCUT2D eigenvalue weighted by Gasteiger charge is 2.35. The van der Waals surface area contributed by atoms with Crippen molar-refractivity contribution in [1.82, 2.24) is 9.47 Å². The first-order valence-electron chi connectivity index (χ1n) is 10.3. The van der Waals surface area contributed by atoms with Crippen LogP contribution in [0.15, 0.2) is 9.70 Å². The Morgan fingerprint density at radius 3 is 2.68 bits per heavy atom. The zero-order chi connectivity index (χ0) is 22.1. The second-order valence-electron chi connectivity index (χ2n) is 7.74. The average Bonchev–Trinajstić information content (AvgIpc) is 3.37. The van der Waals surface area contributed by atoms with Crippen molar-refractivity contribution in [3.63, 3.8) is 0 Å². The monoisotopic (exact) mass is 460 g/mol. The van der Waals surface area contributed by atoms with Crippen LogP contribution in [0.4, 0.5) is 5.82 Å². The summed E-state index contributed by atoms with van der Waals surface area (Å²) in [6, 6.07) is 2.03. The van der Waals surface area contributed by atoms with E-state index in [2.05, 4.69) is 4.90 Å². The Hall–Kier alpha value is -2.19. The molecule has 1 aromatic heterocycles. The molecular formula is C21H24N4O4S2. The second kappa shape index (κ2) is 9.12. The van der Waals surface area contributed by atoms with E-state index >= 15 is 0 Å². The molecule has 3 aliphatic heterocycles. The molecule has 3 fully saturated rings. The molecule has 4 rings (SSSR count). The van der Waals surface area contributed by atoms with Crippen LogP contribution in [-0.4, -0.2) is 65.3 Å². The average molecular weight is 461 g/mol. The number of amides is 1. The third kappa shape index (κ3) is 4.15. The first kappa shape index (κ1) is 22.0. The van der Waals surface area contributed by atoms with Gasteiger partial charge in [-0.05, 0) is 31.4 Å². The number of thioether (sulfide) groups is 1. The summed E-state index contributed by atoms with van der Waals surface area (Å²) in [5.41, 5.74) is 1.000. The molecule has 0 saturated carbocycles. The Kier molecular flexibility index (Phi) is 6.48. The van der Waals surface area contributed by atoms with Crippen molar-refractivity contribution in [3.8, 4) is 6.07 Å². The van der Waals surface area contributed by atoms with Gasteiger partial charge in [-0.1, -0.05) is 24.0 Å². The number of aromatic nitrogens is 1. The van der Waals surface area contributed by atoms with Gasteiger partial charge in [-0.2, -0.15) is 5.26 Å². The molecule has 8 nitrogen and oxygen atoms in total. The van der Waals surface area contributed by atoms with Crippen LogP contribution >= 0.6 is 24.0 Å². The Balaban J connectivity index is 1.76. The summed E-state index contributed by atoms with van der Waals surface area (Å²) in [6.07, 6.45) is 3.69. The summed E-state index contributed by atoms with van der Waals surface area (Å²) in [5.74, 6) is 0.527. The van der Waals surface area contributed by atoms with Gasteiger partial charge in [-0.25, -0.2) is 0 Å². The molecule has 1 amide bonds. The number of carbonyl (C=O) groups excluding carboxylic acids is 1. The number of thiocarbonyl (C=S) groups is 1. The molecule has 3 saturated heterocycles. The molecule has 3 aliphatic rings. The SMILES string of the molecule is Cc1c(/C=C2\SC(=S)N(CC3CCCO3)C2=O)c(N2CCOCC2)n(C)c(=O)c1C#N. The fourth-order valence-corrected chi connectivity index (χ4v) is 5.41. The van der Waals surface area contributed by atoms with Crippen LogP contribution in [0.2, 0.25) is 0 Å². The molecule has 0 N–H and O–H groups in total. The largest absolute Gasteiger partial charge is 0.378 e. The van der Waals surface area contributed by atoms with Gasteiger partial charge < -0.3 is 14.4 Å². The van der Waals surface area contributed by atoms with Crippen molar-refractivity contribution >= 4 is 46.1 Å². The van der Waals surface area contributed by atoms with E-state index in [9.17, 15) is 14.9 Å². The number of carbonyl (C=O) groups is 1. The van der Waals surface area contributed by atoms with E-state index in [1.54, 1.807) is 24.9 Å². The van der Waals surface area contributed by atoms with Crippen molar-refractivity contribution < 1.29 is 14.3 Å². The third-order valence-corrected chi connectivity index (χ3v) is 7.22. The molecule has 0 aliphatic carbocycles. The van der Waals surface area contributed by atoms with Crippen LogP contribution in [0, 0.1) is 18.3 Å². The lowest BCUT2D eigenvalue weighted by atomic mass is 10.0. The summed E-state index contributed by atoms with van der Waals surface area (Å²) < 4.78 is 13.1. The van der Waals surface area contributed by atoms with Crippen LogP contribution in [-0.2, 0) is 21.3 Å². The predicted molar refractivity (Wildman–Crippen MR) is 123 cm³/mol. The molecule has 4 heterocycles. The summed E-state index contributed by atoms with van der Waals surface area (Å²) >= 11 is 6.72. The molecule has 0 bridgehead atoms. The van der Waals surface area contributed by atoms with E-state index in [-0.39, 0.29) is 23.1 Å². The number of hydrogen-bond acceptors (Lipinski definition) is 8. The van der Waals surface area contributed by atoms with E-state index in [0.717, 1.165) is 12.8 Å². The summed E-state index contributed by atoms with van der Waals surface area (Å²) in [4.78, 5) is 30.1. The quantitative estimate of drug-likeness (QED) is 0.496. The van der Waals surface area contributed by atoms with Gasteiger partial charge in [0.2, 0.25) is 0 Å². The molecule has 1 aromatic rings. The highest BCUT2D eigenvalue weighted by Crippen LogP contribution is 2.36. The van der Waals surface area contributed by atoms with E-state index in [4.69, 9.17) is 21.7 Å². The molecule has 1 atom stereocenters. The topological polar surface area (TPSA) is 87.8 Å². The molecule has 10 heteroatoms. The molecule has 0 aromatic carbocycles. The van der Waals surface area contributed by atoms with Gasteiger partial charge in [0, 0.05) is 32.3 Å². The number of pyridine rings is 1. The fourth-order valence-electron chi connectivity index (χ4n) is 4.15. The zero-order valence-electron chi connectivity index (χ0n) is 17.5. The maximum atomic E-state index is 13.1. The highest BCUT2D eigenvalue weighted by molar-refractivity contribution is 8.26. The van der Waals surface area contributed by atoms with E-state index in [0.29, 0.717) is 65.6 Å². The number of rotatable bonds is 4. The Labute approximate surface area is 190 Å². The van der Waals surface area contributed by atoms with Crippen molar-refractivity contribution in [3.05, 3.63) is 31.9 Å². The molecule has 1 unspecified atom stereocenters. The molecular weight excluding hydrogens is 436 g/mol. The Bertz CT molecular complexity index is 1050. The van der Waals surface area contributed by atoms with Gasteiger partial charge in [0.05, 0.1) is 30.8 Å². The van der Waals surface area contributed by atoms with Crippen molar-refractivity contribution in [2.75, 3.05) is 44.4 Å². The second-order valence-corrected chi connectivity index (χ2v) is 9.42. The number of nitriles is 1. The van der Waals surface area contributed by atoms with Crippen LogP contribution in [0.3, 0.4) is 0 Å². The van der Waals surface area contributed by atoms with Gasteiger partial charge >= 0.3 is 0 Å². The number of ether oxygens (including phenoxy) is 2. The van der Waals surface area contributed by atoms with Gasteiger partial charge in [0.15, 0.2) is 0 Å². The first-order chi connectivity index (χ1) is 14.9. The van der Waals surface area contributed by atoms with E-state index in [1.165, 1.54) is 16.3 Å². The fraction of sp³-hybridized carbons (Fsp3) is 0.524. The third-order valence-electron chi connectivity index (χ3n) is 5.84. The zero-order valence-corrected chi connectivity index (χ0v) is 19.2. The lowest BCUT2D eigenvalue weighted by molar-refractivity contribution is -0.123. The molecule has 0 radical (unpaired) electrons. The lowest BCUT2D eigenvalue weighted by Gasteiger charge is -2.32. The van der Waals surface area contributed by atoms with Crippen LogP contribution in [0.25, 0.3) is 6.08 Å². The maximum Gasteiger partial charge on any atom is 0.270 e. The summed E-state index contributed by atoms with van der Waals surface area (Å²) in [6.45, 7) is 5.27. The minimum Gasteiger partial charge on any atom is -0.378 e.